The van der Waals surface area contributed by atoms with Crippen LogP contribution in [0.25, 0.3) is 0 Å². The minimum Gasteiger partial charge on any atom is -0.465 e. The van der Waals surface area contributed by atoms with E-state index in [1.54, 1.807) is 13.1 Å². The van der Waals surface area contributed by atoms with Crippen LogP contribution in [-0.2, 0) is 4.74 Å². The van der Waals surface area contributed by atoms with Crippen LogP contribution in [0.4, 0.5) is 17.1 Å². The predicted octanol–water partition coefficient (Wildman–Crippen LogP) is 3.57. The van der Waals surface area contributed by atoms with Gasteiger partial charge in [-0.2, -0.15) is 0 Å². The van der Waals surface area contributed by atoms with Crippen molar-refractivity contribution in [1.82, 2.24) is 0 Å². The zero-order valence-corrected chi connectivity index (χ0v) is 15.3. The highest BCUT2D eigenvalue weighted by Gasteiger charge is 2.45. The molecule has 1 aliphatic carbocycles. The molecule has 1 aliphatic heterocycles. The van der Waals surface area contributed by atoms with Gasteiger partial charge < -0.3 is 15.0 Å². The minimum atomic E-state index is -0.573. The summed E-state index contributed by atoms with van der Waals surface area (Å²) in [6.07, 6.45) is 4.76. The van der Waals surface area contributed by atoms with Gasteiger partial charge in [-0.1, -0.05) is 0 Å². The van der Waals surface area contributed by atoms with Crippen molar-refractivity contribution in [2.45, 2.75) is 25.7 Å². The van der Waals surface area contributed by atoms with Gasteiger partial charge in [-0.15, -0.1) is 0 Å². The third-order valence-corrected chi connectivity index (χ3v) is 5.78. The van der Waals surface area contributed by atoms with Crippen LogP contribution >= 0.6 is 15.9 Å². The van der Waals surface area contributed by atoms with E-state index in [9.17, 15) is 14.9 Å². The van der Waals surface area contributed by atoms with Gasteiger partial charge in [-0.3, -0.25) is 10.1 Å². The second-order valence-corrected chi connectivity index (χ2v) is 7.32. The topological polar surface area (TPSA) is 84.7 Å². The number of hydrogen-bond acceptors (Lipinski definition) is 6. The summed E-state index contributed by atoms with van der Waals surface area (Å²) in [7, 11) is 2.86. The number of nitrogens with one attached hydrogen (secondary N) is 1. The quantitative estimate of drug-likeness (QED) is 0.474. The number of halogens is 1. The van der Waals surface area contributed by atoms with Crippen molar-refractivity contribution < 1.29 is 14.5 Å². The lowest BCUT2D eigenvalue weighted by Crippen LogP contribution is -2.35. The van der Waals surface area contributed by atoms with Crippen LogP contribution in [0.2, 0.25) is 0 Å². The molecule has 0 radical (unpaired) electrons. The molecule has 7 nitrogen and oxygen atoms in total. The first kappa shape index (κ1) is 17.0. The van der Waals surface area contributed by atoms with E-state index in [0.717, 1.165) is 25.9 Å². The molecule has 8 heteroatoms. The van der Waals surface area contributed by atoms with Crippen LogP contribution in [0.15, 0.2) is 10.5 Å². The Hall–Kier alpha value is -1.83. The summed E-state index contributed by atoms with van der Waals surface area (Å²) in [5.41, 5.74) is 1.44. The first-order valence-corrected chi connectivity index (χ1v) is 8.73. The molecule has 1 N–H and O–H groups in total. The highest BCUT2D eigenvalue weighted by Crippen LogP contribution is 2.54. The van der Waals surface area contributed by atoms with E-state index >= 15 is 0 Å². The number of ether oxygens (including phenoxy) is 1. The van der Waals surface area contributed by atoms with Gasteiger partial charge >= 0.3 is 11.7 Å². The van der Waals surface area contributed by atoms with Gasteiger partial charge in [0.2, 0.25) is 0 Å². The zero-order valence-electron chi connectivity index (χ0n) is 13.7. The van der Waals surface area contributed by atoms with Gasteiger partial charge in [0.15, 0.2) is 0 Å². The fourth-order valence-corrected chi connectivity index (χ4v) is 4.07. The maximum atomic E-state index is 12.4. The third-order valence-electron chi connectivity index (χ3n) is 5.18. The van der Waals surface area contributed by atoms with Crippen molar-refractivity contribution in [3.8, 4) is 0 Å². The fraction of sp³-hybridized carbons (Fsp3) is 0.562. The van der Waals surface area contributed by atoms with Gasteiger partial charge in [0.05, 0.1) is 22.2 Å². The van der Waals surface area contributed by atoms with E-state index in [-0.39, 0.29) is 16.9 Å². The number of esters is 1. The molecule has 2 aliphatic rings. The lowest BCUT2D eigenvalue weighted by molar-refractivity contribution is -0.384. The molecule has 0 bridgehead atoms. The molecular weight excluding hydrogens is 378 g/mol. The summed E-state index contributed by atoms with van der Waals surface area (Å²) in [6.45, 7) is 1.69. The lowest BCUT2D eigenvalue weighted by atomic mass is 9.92. The van der Waals surface area contributed by atoms with Crippen molar-refractivity contribution in [3.05, 3.63) is 26.2 Å². The molecule has 1 aromatic carbocycles. The number of carbonyl (C=O) groups excluding carboxylic acids is 1. The molecule has 0 atom stereocenters. The third kappa shape index (κ3) is 2.83. The smallest absolute Gasteiger partial charge is 0.342 e. The molecule has 0 unspecified atom stereocenters. The number of nitro benzene ring substituents is 1. The second-order valence-electron chi connectivity index (χ2n) is 6.46. The Morgan fingerprint density at radius 3 is 2.46 bits per heavy atom. The van der Waals surface area contributed by atoms with Crippen LogP contribution in [0.5, 0.6) is 0 Å². The summed E-state index contributed by atoms with van der Waals surface area (Å²) in [5, 5.41) is 14.2. The fourth-order valence-electron chi connectivity index (χ4n) is 3.51. The Bertz CT molecular complexity index is 693. The molecule has 0 amide bonds. The number of methoxy groups -OCH3 is 1. The van der Waals surface area contributed by atoms with E-state index in [4.69, 9.17) is 4.74 Å². The maximum Gasteiger partial charge on any atom is 0.342 e. The van der Waals surface area contributed by atoms with Crippen molar-refractivity contribution >= 4 is 39.0 Å². The Labute approximate surface area is 148 Å². The summed E-state index contributed by atoms with van der Waals surface area (Å²) >= 11 is 3.29. The number of nitro groups is 1. The van der Waals surface area contributed by atoms with E-state index in [1.807, 2.05) is 0 Å². The molecular formula is C16H20BrN3O4. The number of rotatable bonds is 4. The van der Waals surface area contributed by atoms with Crippen LogP contribution in [0, 0.1) is 15.5 Å². The van der Waals surface area contributed by atoms with Crippen molar-refractivity contribution in [1.29, 1.82) is 0 Å². The minimum absolute atomic E-state index is 0.155. The monoisotopic (exact) mass is 397 g/mol. The van der Waals surface area contributed by atoms with Gasteiger partial charge in [-0.05, 0) is 53.1 Å². The standard InChI is InChI=1S/C16H20BrN3O4/c1-18-13-12(15(21)24-2)11(9-10(17)14(13)20(22)23)19-7-5-16(3-4-16)6-8-19/h9,18H,3-8H2,1-2H3. The van der Waals surface area contributed by atoms with Crippen LogP contribution in [0.1, 0.15) is 36.0 Å². The molecule has 2 fully saturated rings. The molecule has 1 aromatic rings. The van der Waals surface area contributed by atoms with Crippen molar-refractivity contribution in [3.63, 3.8) is 0 Å². The molecule has 1 spiro atoms. The highest BCUT2D eigenvalue weighted by atomic mass is 79.9. The lowest BCUT2D eigenvalue weighted by Gasteiger charge is -2.35. The van der Waals surface area contributed by atoms with Crippen LogP contribution in [0.3, 0.4) is 0 Å². The average Bonchev–Trinajstić information content (AvgIpc) is 3.32. The van der Waals surface area contributed by atoms with Gasteiger partial charge in [0.1, 0.15) is 11.3 Å². The predicted molar refractivity (Wildman–Crippen MR) is 94.8 cm³/mol. The summed E-state index contributed by atoms with van der Waals surface area (Å²) < 4.78 is 5.25. The zero-order chi connectivity index (χ0) is 17.5. The molecule has 3 rings (SSSR count). The Kier molecular flexibility index (Phi) is 4.42. The van der Waals surface area contributed by atoms with Crippen LogP contribution < -0.4 is 10.2 Å². The number of benzene rings is 1. The Morgan fingerprint density at radius 1 is 1.38 bits per heavy atom. The number of nitrogens with zero attached hydrogens (tertiary/aromatic N) is 2. The molecule has 0 aromatic heterocycles. The van der Waals surface area contributed by atoms with Gasteiger partial charge in [0.25, 0.3) is 0 Å². The number of piperidine rings is 1. The maximum absolute atomic E-state index is 12.4. The van der Waals surface area contributed by atoms with Gasteiger partial charge in [0, 0.05) is 20.1 Å². The molecule has 1 saturated heterocycles. The normalized spacial score (nSPS) is 18.4. The van der Waals surface area contributed by atoms with E-state index in [1.165, 1.54) is 20.0 Å². The first-order chi connectivity index (χ1) is 11.4. The largest absolute Gasteiger partial charge is 0.465 e. The van der Waals surface area contributed by atoms with E-state index in [2.05, 4.69) is 26.1 Å². The van der Waals surface area contributed by atoms with Crippen molar-refractivity contribution in [2.75, 3.05) is 37.5 Å². The molecule has 1 heterocycles. The summed E-state index contributed by atoms with van der Waals surface area (Å²) in [6, 6.07) is 1.66. The first-order valence-electron chi connectivity index (χ1n) is 7.94. The van der Waals surface area contributed by atoms with E-state index < -0.39 is 10.9 Å². The average molecular weight is 398 g/mol. The Morgan fingerprint density at radius 2 is 2.00 bits per heavy atom. The highest BCUT2D eigenvalue weighted by molar-refractivity contribution is 9.10. The molecule has 24 heavy (non-hydrogen) atoms. The summed E-state index contributed by atoms with van der Waals surface area (Å²) in [5.74, 6) is -0.573. The number of anilines is 2. The Balaban J connectivity index is 2.08. The number of hydrogen-bond donors (Lipinski definition) is 1. The molecule has 130 valence electrons. The van der Waals surface area contributed by atoms with Crippen molar-refractivity contribution in [2.24, 2.45) is 5.41 Å². The number of carbonyl (C=O) groups is 1. The molecule has 1 saturated carbocycles. The van der Waals surface area contributed by atoms with Gasteiger partial charge in [-0.25, -0.2) is 4.79 Å². The van der Waals surface area contributed by atoms with E-state index in [0.29, 0.717) is 15.6 Å². The van der Waals surface area contributed by atoms with Crippen LogP contribution in [-0.4, -0.2) is 38.1 Å². The SMILES string of the molecule is CNc1c(C(=O)OC)c(N2CCC3(CC2)CC3)cc(Br)c1[N+](=O)[O-]. The second kappa shape index (κ2) is 6.23. The summed E-state index contributed by atoms with van der Waals surface area (Å²) in [4.78, 5) is 25.4.